The summed E-state index contributed by atoms with van der Waals surface area (Å²) in [7, 11) is 0. The molecule has 3 heteroatoms. The molecule has 0 fully saturated rings. The summed E-state index contributed by atoms with van der Waals surface area (Å²) in [5.41, 5.74) is 0. The van der Waals surface area contributed by atoms with Gasteiger partial charge >= 0.3 is 0 Å². The lowest BCUT2D eigenvalue weighted by molar-refractivity contribution is 0.178. The number of hydrogen-bond acceptors (Lipinski definition) is 3. The van der Waals surface area contributed by atoms with Crippen molar-refractivity contribution in [2.45, 2.75) is 26.5 Å². The third-order valence-corrected chi connectivity index (χ3v) is 1.39. The van der Waals surface area contributed by atoms with E-state index >= 15 is 0 Å². The molecule has 1 atom stereocenters. The lowest BCUT2D eigenvalue weighted by atomic mass is 10.1. The van der Waals surface area contributed by atoms with Crippen molar-refractivity contribution in [3.8, 4) is 0 Å². The first-order valence-corrected chi connectivity index (χ1v) is 3.66. The molecule has 1 heterocycles. The van der Waals surface area contributed by atoms with Crippen molar-refractivity contribution < 1.29 is 5.11 Å². The molecule has 3 nitrogen and oxygen atoms in total. The first-order valence-electron chi connectivity index (χ1n) is 3.66. The highest BCUT2D eigenvalue weighted by Crippen LogP contribution is 2.04. The van der Waals surface area contributed by atoms with Gasteiger partial charge < -0.3 is 10.4 Å². The predicted molar refractivity (Wildman–Crippen MR) is 40.9 cm³/mol. The Morgan fingerprint density at radius 2 is 2.50 bits per heavy atom. The van der Waals surface area contributed by atoms with Crippen LogP contribution in [-0.2, 0) is 0 Å². The van der Waals surface area contributed by atoms with Gasteiger partial charge in [0.2, 0.25) is 0 Å². The fourth-order valence-corrected chi connectivity index (χ4v) is 0.990. The van der Waals surface area contributed by atoms with Gasteiger partial charge in [-0.1, -0.05) is 13.8 Å². The van der Waals surface area contributed by atoms with E-state index in [1.807, 2.05) is 0 Å². The monoisotopic (exact) mass is 142 g/mol. The fraction of sp³-hybridized carbons (Fsp3) is 0.857. The fourth-order valence-electron chi connectivity index (χ4n) is 0.990. The minimum atomic E-state index is -0.436. The summed E-state index contributed by atoms with van der Waals surface area (Å²) in [4.78, 5) is 4.11. The summed E-state index contributed by atoms with van der Waals surface area (Å²) in [6.45, 7) is 4.78. The quantitative estimate of drug-likeness (QED) is 0.584. The zero-order valence-corrected chi connectivity index (χ0v) is 6.46. The van der Waals surface area contributed by atoms with Crippen LogP contribution in [0.5, 0.6) is 0 Å². The molecule has 10 heavy (non-hydrogen) atoms. The number of nitrogens with one attached hydrogen (secondary N) is 1. The van der Waals surface area contributed by atoms with Crippen LogP contribution in [0.15, 0.2) is 4.99 Å². The molecule has 0 saturated carbocycles. The summed E-state index contributed by atoms with van der Waals surface area (Å²) < 4.78 is 0. The summed E-state index contributed by atoms with van der Waals surface area (Å²) in [6, 6.07) is 0. The van der Waals surface area contributed by atoms with Crippen molar-refractivity contribution in [3.63, 3.8) is 0 Å². The van der Waals surface area contributed by atoms with Gasteiger partial charge in [0.15, 0.2) is 0 Å². The van der Waals surface area contributed by atoms with Crippen LogP contribution in [0.2, 0.25) is 0 Å². The maximum absolute atomic E-state index is 8.99. The Balaban J connectivity index is 2.30. The molecular weight excluding hydrogens is 128 g/mol. The van der Waals surface area contributed by atoms with E-state index in [0.717, 1.165) is 12.3 Å². The molecule has 0 aromatic rings. The Labute approximate surface area is 61.2 Å². The van der Waals surface area contributed by atoms with Crippen molar-refractivity contribution in [2.24, 2.45) is 10.9 Å². The van der Waals surface area contributed by atoms with Crippen LogP contribution < -0.4 is 5.32 Å². The largest absolute Gasteiger partial charge is 0.372 e. The molecule has 2 N–H and O–H groups in total. The van der Waals surface area contributed by atoms with E-state index < -0.39 is 6.23 Å². The number of aliphatic imine (C=N–C) groups is 1. The second-order valence-electron chi connectivity index (χ2n) is 3.05. The standard InChI is InChI=1S/C7H14N2O/c1-5(2)3-6-8-4-7(10)9-6/h5,7,10H,3-4H2,1-2H3,(H,8,9). The van der Waals surface area contributed by atoms with Crippen LogP contribution in [-0.4, -0.2) is 23.7 Å². The van der Waals surface area contributed by atoms with Gasteiger partial charge in [0.1, 0.15) is 6.23 Å². The van der Waals surface area contributed by atoms with Gasteiger partial charge in [-0.25, -0.2) is 0 Å². The third-order valence-electron chi connectivity index (χ3n) is 1.39. The van der Waals surface area contributed by atoms with Crippen LogP contribution in [0.4, 0.5) is 0 Å². The molecule has 0 spiro atoms. The second-order valence-corrected chi connectivity index (χ2v) is 3.05. The van der Waals surface area contributed by atoms with E-state index in [1.165, 1.54) is 0 Å². The minimum Gasteiger partial charge on any atom is -0.372 e. The Hall–Kier alpha value is -0.570. The van der Waals surface area contributed by atoms with Crippen LogP contribution >= 0.6 is 0 Å². The van der Waals surface area contributed by atoms with E-state index in [-0.39, 0.29) is 0 Å². The van der Waals surface area contributed by atoms with Crippen LogP contribution in [0, 0.1) is 5.92 Å². The second kappa shape index (κ2) is 3.01. The number of hydrogen-bond donors (Lipinski definition) is 2. The highest BCUT2D eigenvalue weighted by molar-refractivity contribution is 5.83. The van der Waals surface area contributed by atoms with E-state index in [9.17, 15) is 0 Å². The van der Waals surface area contributed by atoms with Gasteiger partial charge in [0.05, 0.1) is 12.4 Å². The Bertz CT molecular complexity index is 143. The molecule has 0 aliphatic carbocycles. The molecule has 1 aliphatic rings. The Morgan fingerprint density at radius 1 is 1.80 bits per heavy atom. The maximum atomic E-state index is 8.99. The van der Waals surface area contributed by atoms with Crippen molar-refractivity contribution in [1.82, 2.24) is 5.32 Å². The normalized spacial score (nSPS) is 24.8. The predicted octanol–water partition coefficient (Wildman–Crippen LogP) is 0.353. The van der Waals surface area contributed by atoms with Crippen LogP contribution in [0.1, 0.15) is 20.3 Å². The van der Waals surface area contributed by atoms with Gasteiger partial charge in [0.25, 0.3) is 0 Å². The van der Waals surface area contributed by atoms with Crippen molar-refractivity contribution in [2.75, 3.05) is 6.54 Å². The van der Waals surface area contributed by atoms with Crippen LogP contribution in [0.25, 0.3) is 0 Å². The number of aliphatic hydroxyl groups is 1. The first kappa shape index (κ1) is 7.54. The third kappa shape index (κ3) is 1.99. The molecule has 0 radical (unpaired) electrons. The SMILES string of the molecule is CC(C)CC1=NCC(O)N1. The summed E-state index contributed by atoms with van der Waals surface area (Å²) in [6.07, 6.45) is 0.505. The highest BCUT2D eigenvalue weighted by atomic mass is 16.3. The molecule has 1 unspecified atom stereocenters. The van der Waals surface area contributed by atoms with Gasteiger partial charge in [-0.05, 0) is 5.92 Å². The van der Waals surface area contributed by atoms with Gasteiger partial charge in [-0.3, -0.25) is 4.99 Å². The number of rotatable bonds is 2. The molecule has 58 valence electrons. The first-order chi connectivity index (χ1) is 4.68. The zero-order valence-electron chi connectivity index (χ0n) is 6.46. The average molecular weight is 142 g/mol. The Morgan fingerprint density at radius 3 is 2.90 bits per heavy atom. The molecular formula is C7H14N2O. The molecule has 0 amide bonds. The van der Waals surface area contributed by atoms with Crippen molar-refractivity contribution in [3.05, 3.63) is 0 Å². The van der Waals surface area contributed by atoms with Crippen molar-refractivity contribution >= 4 is 5.84 Å². The summed E-state index contributed by atoms with van der Waals surface area (Å²) >= 11 is 0. The number of nitrogens with zero attached hydrogens (tertiary/aromatic N) is 1. The smallest absolute Gasteiger partial charge is 0.145 e. The lowest BCUT2D eigenvalue weighted by Gasteiger charge is -2.06. The lowest BCUT2D eigenvalue weighted by Crippen LogP contribution is -2.30. The Kier molecular flexibility index (Phi) is 2.27. The minimum absolute atomic E-state index is 0.436. The molecule has 0 bridgehead atoms. The van der Waals surface area contributed by atoms with E-state index in [1.54, 1.807) is 0 Å². The van der Waals surface area contributed by atoms with Gasteiger partial charge in [0, 0.05) is 6.42 Å². The van der Waals surface area contributed by atoms with E-state index in [4.69, 9.17) is 5.11 Å². The topological polar surface area (TPSA) is 44.6 Å². The average Bonchev–Trinajstić information content (AvgIpc) is 2.13. The van der Waals surface area contributed by atoms with Gasteiger partial charge in [-0.2, -0.15) is 0 Å². The zero-order chi connectivity index (χ0) is 7.56. The van der Waals surface area contributed by atoms with Crippen LogP contribution in [0.3, 0.4) is 0 Å². The molecule has 0 aromatic carbocycles. The number of aliphatic hydroxyl groups excluding tert-OH is 1. The molecule has 0 aromatic heterocycles. The molecule has 1 aliphatic heterocycles. The summed E-state index contributed by atoms with van der Waals surface area (Å²) in [5, 5.41) is 11.9. The maximum Gasteiger partial charge on any atom is 0.145 e. The highest BCUT2D eigenvalue weighted by Gasteiger charge is 2.13. The summed E-state index contributed by atoms with van der Waals surface area (Å²) in [5.74, 6) is 1.55. The molecule has 0 saturated heterocycles. The molecule has 1 rings (SSSR count). The van der Waals surface area contributed by atoms with E-state index in [0.29, 0.717) is 12.5 Å². The van der Waals surface area contributed by atoms with Crippen molar-refractivity contribution in [1.29, 1.82) is 0 Å². The number of amidine groups is 1. The van der Waals surface area contributed by atoms with E-state index in [2.05, 4.69) is 24.2 Å². The van der Waals surface area contributed by atoms with Gasteiger partial charge in [-0.15, -0.1) is 0 Å².